The number of rotatable bonds is 6. The molecule has 1 aliphatic heterocycles. The van der Waals surface area contributed by atoms with Gasteiger partial charge < -0.3 is 14.4 Å². The molecule has 1 fully saturated rings. The van der Waals surface area contributed by atoms with Gasteiger partial charge in [-0.15, -0.1) is 11.3 Å². The summed E-state index contributed by atoms with van der Waals surface area (Å²) in [7, 11) is 0. The number of aromatic nitrogens is 1. The third-order valence-corrected chi connectivity index (χ3v) is 4.93. The minimum absolute atomic E-state index is 0.189. The van der Waals surface area contributed by atoms with Crippen molar-refractivity contribution >= 4 is 29.0 Å². The first-order valence-electron chi connectivity index (χ1n) is 8.49. The van der Waals surface area contributed by atoms with Crippen LogP contribution in [0.3, 0.4) is 0 Å². The average Bonchev–Trinajstić information content (AvgIpc) is 2.91. The number of ether oxygens (including phenoxy) is 2. The summed E-state index contributed by atoms with van der Waals surface area (Å²) in [6, 6.07) is 0. The summed E-state index contributed by atoms with van der Waals surface area (Å²) < 4.78 is 11.7. The Labute approximate surface area is 153 Å². The molecule has 1 unspecified atom stereocenters. The smallest absolute Gasteiger partial charge is 0.410 e. The number of halogens is 1. The zero-order valence-electron chi connectivity index (χ0n) is 14.7. The number of amides is 1. The second-order valence-electron chi connectivity index (χ2n) is 7.21. The van der Waals surface area contributed by atoms with Crippen LogP contribution < -0.4 is 0 Å². The van der Waals surface area contributed by atoms with Crippen molar-refractivity contribution in [1.82, 2.24) is 9.88 Å². The van der Waals surface area contributed by atoms with Crippen LogP contribution in [0.5, 0.6) is 0 Å². The van der Waals surface area contributed by atoms with Gasteiger partial charge in [0.15, 0.2) is 4.47 Å². The molecule has 2 heterocycles. The molecule has 5 nitrogen and oxygen atoms in total. The van der Waals surface area contributed by atoms with Gasteiger partial charge in [0, 0.05) is 25.9 Å². The van der Waals surface area contributed by atoms with Gasteiger partial charge in [-0.05, 0) is 52.4 Å². The minimum Gasteiger partial charge on any atom is -0.444 e. The van der Waals surface area contributed by atoms with Crippen molar-refractivity contribution in [3.05, 3.63) is 15.5 Å². The lowest BCUT2D eigenvalue weighted by atomic mass is 9.94. The largest absolute Gasteiger partial charge is 0.444 e. The van der Waals surface area contributed by atoms with Crippen molar-refractivity contribution in [2.75, 3.05) is 19.7 Å². The fourth-order valence-electron chi connectivity index (χ4n) is 2.79. The molecule has 0 aromatic carbocycles. The van der Waals surface area contributed by atoms with Crippen LogP contribution in [0, 0.1) is 5.92 Å². The second kappa shape index (κ2) is 9.02. The summed E-state index contributed by atoms with van der Waals surface area (Å²) in [5, 5.41) is 0. The molecule has 1 amide bonds. The van der Waals surface area contributed by atoms with Crippen molar-refractivity contribution in [1.29, 1.82) is 0 Å². The predicted octanol–water partition coefficient (Wildman–Crippen LogP) is 4.74. The van der Waals surface area contributed by atoms with E-state index >= 15 is 0 Å². The van der Waals surface area contributed by atoms with Crippen molar-refractivity contribution in [3.63, 3.8) is 0 Å². The van der Waals surface area contributed by atoms with E-state index in [0.717, 1.165) is 43.8 Å². The van der Waals surface area contributed by atoms with Gasteiger partial charge in [0.05, 0.1) is 11.5 Å². The number of carbonyl (C=O) groups is 1. The molecule has 0 N–H and O–H groups in total. The van der Waals surface area contributed by atoms with Crippen LogP contribution in [0.1, 0.15) is 51.3 Å². The van der Waals surface area contributed by atoms with Gasteiger partial charge in [-0.25, -0.2) is 9.78 Å². The fraction of sp³-hybridized carbons (Fsp3) is 0.765. The van der Waals surface area contributed by atoms with Gasteiger partial charge in [0.2, 0.25) is 0 Å². The van der Waals surface area contributed by atoms with Crippen molar-refractivity contribution < 1.29 is 14.3 Å². The molecule has 1 aromatic rings. The maximum absolute atomic E-state index is 12.2. The van der Waals surface area contributed by atoms with E-state index < -0.39 is 5.60 Å². The number of hydrogen-bond acceptors (Lipinski definition) is 5. The number of likely N-dealkylation sites (tertiary alicyclic amines) is 1. The van der Waals surface area contributed by atoms with E-state index in [2.05, 4.69) is 4.98 Å². The second-order valence-corrected chi connectivity index (χ2v) is 8.91. The Balaban J connectivity index is 1.63. The zero-order chi connectivity index (χ0) is 17.6. The fourth-order valence-corrected chi connectivity index (χ4v) is 3.71. The van der Waals surface area contributed by atoms with Crippen LogP contribution in [-0.4, -0.2) is 41.3 Å². The molecule has 1 aromatic heterocycles. The Bertz CT molecular complexity index is 530. The lowest BCUT2D eigenvalue weighted by Crippen LogP contribution is -2.42. The summed E-state index contributed by atoms with van der Waals surface area (Å²) in [4.78, 5) is 19.0. The minimum atomic E-state index is -0.433. The van der Waals surface area contributed by atoms with Gasteiger partial charge in [-0.3, -0.25) is 0 Å². The van der Waals surface area contributed by atoms with Crippen LogP contribution in [0.15, 0.2) is 6.20 Å². The Morgan fingerprint density at radius 1 is 1.50 bits per heavy atom. The van der Waals surface area contributed by atoms with E-state index in [0.29, 0.717) is 17.0 Å². The first-order chi connectivity index (χ1) is 11.3. The van der Waals surface area contributed by atoms with Crippen molar-refractivity contribution in [2.24, 2.45) is 5.92 Å². The maximum atomic E-state index is 12.2. The molecule has 0 saturated carbocycles. The van der Waals surface area contributed by atoms with Crippen LogP contribution in [-0.2, 0) is 16.1 Å². The zero-order valence-corrected chi connectivity index (χ0v) is 16.3. The average molecular weight is 375 g/mol. The Hall–Kier alpha value is -0.850. The molecule has 24 heavy (non-hydrogen) atoms. The van der Waals surface area contributed by atoms with Crippen LogP contribution in [0.25, 0.3) is 0 Å². The molecule has 1 saturated heterocycles. The normalized spacial score (nSPS) is 18.7. The number of nitrogens with zero attached hydrogens (tertiary/aromatic N) is 2. The molecule has 7 heteroatoms. The lowest BCUT2D eigenvalue weighted by molar-refractivity contribution is 0.0155. The van der Waals surface area contributed by atoms with Gasteiger partial charge in [0.1, 0.15) is 5.60 Å². The molecule has 0 radical (unpaired) electrons. The molecular weight excluding hydrogens is 348 g/mol. The molecule has 0 aliphatic carbocycles. The summed E-state index contributed by atoms with van der Waals surface area (Å²) >= 11 is 7.24. The van der Waals surface area contributed by atoms with Gasteiger partial charge >= 0.3 is 6.09 Å². The van der Waals surface area contributed by atoms with E-state index in [1.54, 1.807) is 6.20 Å². The summed E-state index contributed by atoms with van der Waals surface area (Å²) in [5.74, 6) is 0.535. The first kappa shape index (κ1) is 19.5. The number of piperidine rings is 1. The van der Waals surface area contributed by atoms with Gasteiger partial charge in [-0.2, -0.15) is 0 Å². The SMILES string of the molecule is CC(C)(C)OC(=O)N1CCCC(CCCOCc2cnc(Cl)s2)C1. The number of hydrogen-bond donors (Lipinski definition) is 0. The maximum Gasteiger partial charge on any atom is 0.410 e. The molecule has 1 atom stereocenters. The number of thiazole rings is 1. The quantitative estimate of drug-likeness (QED) is 0.675. The van der Waals surface area contributed by atoms with E-state index in [-0.39, 0.29) is 6.09 Å². The van der Waals surface area contributed by atoms with E-state index in [1.165, 1.54) is 17.8 Å². The van der Waals surface area contributed by atoms with E-state index in [4.69, 9.17) is 21.1 Å². The first-order valence-corrected chi connectivity index (χ1v) is 9.69. The molecule has 2 rings (SSSR count). The van der Waals surface area contributed by atoms with Crippen molar-refractivity contribution in [3.8, 4) is 0 Å². The van der Waals surface area contributed by atoms with Gasteiger partial charge in [0.25, 0.3) is 0 Å². The molecule has 136 valence electrons. The Kier molecular flexibility index (Phi) is 7.32. The highest BCUT2D eigenvalue weighted by atomic mass is 35.5. The third-order valence-electron chi connectivity index (χ3n) is 3.84. The Morgan fingerprint density at radius 3 is 2.96 bits per heavy atom. The summed E-state index contributed by atoms with van der Waals surface area (Å²) in [6.45, 7) is 8.59. The highest BCUT2D eigenvalue weighted by molar-refractivity contribution is 7.15. The molecule has 0 bridgehead atoms. The van der Waals surface area contributed by atoms with E-state index in [9.17, 15) is 4.79 Å². The number of carbonyl (C=O) groups excluding carboxylic acids is 1. The van der Waals surface area contributed by atoms with E-state index in [1.807, 2.05) is 25.7 Å². The van der Waals surface area contributed by atoms with Crippen LogP contribution in [0.4, 0.5) is 4.79 Å². The summed E-state index contributed by atoms with van der Waals surface area (Å²) in [5.41, 5.74) is -0.433. The summed E-state index contributed by atoms with van der Waals surface area (Å²) in [6.07, 6.45) is 5.86. The van der Waals surface area contributed by atoms with Crippen LogP contribution in [0.2, 0.25) is 4.47 Å². The topological polar surface area (TPSA) is 51.7 Å². The highest BCUT2D eigenvalue weighted by Gasteiger charge is 2.27. The standard InChI is InChI=1S/C17H27ClN2O3S/c1-17(2,3)23-16(21)20-8-4-6-13(11-20)7-5-9-22-12-14-10-19-15(18)24-14/h10,13H,4-9,11-12H2,1-3H3. The van der Waals surface area contributed by atoms with Gasteiger partial charge in [-0.1, -0.05) is 11.6 Å². The Morgan fingerprint density at radius 2 is 2.29 bits per heavy atom. The van der Waals surface area contributed by atoms with Crippen LogP contribution >= 0.6 is 22.9 Å². The molecule has 0 spiro atoms. The van der Waals surface area contributed by atoms with Crippen molar-refractivity contribution in [2.45, 2.75) is 58.7 Å². The highest BCUT2D eigenvalue weighted by Crippen LogP contribution is 2.23. The predicted molar refractivity (Wildman–Crippen MR) is 96.5 cm³/mol. The molecule has 1 aliphatic rings. The monoisotopic (exact) mass is 374 g/mol. The molecular formula is C17H27ClN2O3S. The lowest BCUT2D eigenvalue weighted by Gasteiger charge is -2.34. The third kappa shape index (κ3) is 6.95.